The lowest BCUT2D eigenvalue weighted by molar-refractivity contribution is 0.546. The van der Waals surface area contributed by atoms with Gasteiger partial charge in [0.2, 0.25) is 0 Å². The summed E-state index contributed by atoms with van der Waals surface area (Å²) in [6.45, 7) is 5.20. The summed E-state index contributed by atoms with van der Waals surface area (Å²) in [5.41, 5.74) is 2.52. The standard InChI is InChI=1S/C13H19N3/c1-11-6-9-15-10-13(11)12(2)16-8-5-3-4-7-14/h6,9-10,12,16H,3-5,8H2,1-2H3. The topological polar surface area (TPSA) is 48.7 Å². The highest BCUT2D eigenvalue weighted by Crippen LogP contribution is 2.15. The largest absolute Gasteiger partial charge is 0.310 e. The average Bonchev–Trinajstić information content (AvgIpc) is 2.29. The van der Waals surface area contributed by atoms with E-state index in [0.717, 1.165) is 19.4 Å². The van der Waals surface area contributed by atoms with Gasteiger partial charge in [0, 0.05) is 24.9 Å². The zero-order valence-electron chi connectivity index (χ0n) is 10.0. The zero-order valence-corrected chi connectivity index (χ0v) is 10.0. The van der Waals surface area contributed by atoms with E-state index in [-0.39, 0.29) is 0 Å². The molecule has 0 aliphatic rings. The molecule has 0 fully saturated rings. The van der Waals surface area contributed by atoms with Gasteiger partial charge >= 0.3 is 0 Å². The fourth-order valence-corrected chi connectivity index (χ4v) is 1.69. The number of hydrogen-bond donors (Lipinski definition) is 1. The van der Waals surface area contributed by atoms with Gasteiger partial charge in [-0.05, 0) is 50.4 Å². The third-order valence-corrected chi connectivity index (χ3v) is 2.71. The highest BCUT2D eigenvalue weighted by Gasteiger charge is 2.06. The third-order valence-electron chi connectivity index (χ3n) is 2.71. The molecule has 0 radical (unpaired) electrons. The van der Waals surface area contributed by atoms with Crippen molar-refractivity contribution in [2.24, 2.45) is 0 Å². The van der Waals surface area contributed by atoms with Crippen molar-refractivity contribution in [3.63, 3.8) is 0 Å². The van der Waals surface area contributed by atoms with E-state index < -0.39 is 0 Å². The molecule has 0 saturated heterocycles. The van der Waals surface area contributed by atoms with Crippen LogP contribution in [0, 0.1) is 18.3 Å². The van der Waals surface area contributed by atoms with Gasteiger partial charge in [-0.1, -0.05) is 0 Å². The van der Waals surface area contributed by atoms with Crippen molar-refractivity contribution in [3.8, 4) is 6.07 Å². The Labute approximate surface area is 97.5 Å². The van der Waals surface area contributed by atoms with Crippen molar-refractivity contribution in [3.05, 3.63) is 29.6 Å². The van der Waals surface area contributed by atoms with Gasteiger partial charge in [-0.2, -0.15) is 5.26 Å². The summed E-state index contributed by atoms with van der Waals surface area (Å²) in [5, 5.41) is 11.9. The van der Waals surface area contributed by atoms with Gasteiger partial charge in [0.15, 0.2) is 0 Å². The molecule has 3 nitrogen and oxygen atoms in total. The van der Waals surface area contributed by atoms with Crippen molar-refractivity contribution >= 4 is 0 Å². The van der Waals surface area contributed by atoms with Gasteiger partial charge in [0.25, 0.3) is 0 Å². The van der Waals surface area contributed by atoms with E-state index in [0.29, 0.717) is 12.5 Å². The van der Waals surface area contributed by atoms with E-state index in [9.17, 15) is 0 Å². The molecular formula is C13H19N3. The summed E-state index contributed by atoms with van der Waals surface area (Å²) in [4.78, 5) is 4.14. The molecule has 0 aliphatic heterocycles. The van der Waals surface area contributed by atoms with Gasteiger partial charge in [0.1, 0.15) is 0 Å². The minimum Gasteiger partial charge on any atom is -0.310 e. The molecule has 86 valence electrons. The van der Waals surface area contributed by atoms with Crippen molar-refractivity contribution in [2.75, 3.05) is 6.54 Å². The van der Waals surface area contributed by atoms with Crippen LogP contribution >= 0.6 is 0 Å². The van der Waals surface area contributed by atoms with Gasteiger partial charge < -0.3 is 5.32 Å². The van der Waals surface area contributed by atoms with Crippen LogP contribution in [0.4, 0.5) is 0 Å². The second-order valence-corrected chi connectivity index (χ2v) is 4.02. The number of nitrogens with one attached hydrogen (secondary N) is 1. The van der Waals surface area contributed by atoms with Crippen LogP contribution in [0.3, 0.4) is 0 Å². The van der Waals surface area contributed by atoms with Gasteiger partial charge in [0.05, 0.1) is 6.07 Å². The molecule has 1 rings (SSSR count). The van der Waals surface area contributed by atoms with E-state index in [1.54, 1.807) is 0 Å². The lowest BCUT2D eigenvalue weighted by atomic mass is 10.1. The van der Waals surface area contributed by atoms with Crippen molar-refractivity contribution in [2.45, 2.75) is 39.2 Å². The van der Waals surface area contributed by atoms with Crippen molar-refractivity contribution in [1.82, 2.24) is 10.3 Å². The maximum atomic E-state index is 8.41. The Hall–Kier alpha value is -1.40. The summed E-state index contributed by atoms with van der Waals surface area (Å²) in [6.07, 6.45) is 6.42. The minimum absolute atomic E-state index is 0.329. The fourth-order valence-electron chi connectivity index (χ4n) is 1.69. The highest BCUT2D eigenvalue weighted by molar-refractivity contribution is 5.24. The first-order chi connectivity index (χ1) is 7.75. The number of rotatable bonds is 6. The van der Waals surface area contributed by atoms with Crippen LogP contribution in [-0.4, -0.2) is 11.5 Å². The summed E-state index contributed by atoms with van der Waals surface area (Å²) < 4.78 is 0. The average molecular weight is 217 g/mol. The molecule has 3 heteroatoms. The Morgan fingerprint density at radius 3 is 3.00 bits per heavy atom. The van der Waals surface area contributed by atoms with Crippen LogP contribution < -0.4 is 5.32 Å². The summed E-state index contributed by atoms with van der Waals surface area (Å²) in [7, 11) is 0. The molecule has 0 spiro atoms. The normalized spacial score (nSPS) is 12.1. The minimum atomic E-state index is 0.329. The molecule has 0 aromatic carbocycles. The molecular weight excluding hydrogens is 198 g/mol. The van der Waals surface area contributed by atoms with Crippen LogP contribution in [0.2, 0.25) is 0 Å². The van der Waals surface area contributed by atoms with Gasteiger partial charge in [-0.3, -0.25) is 4.98 Å². The molecule has 16 heavy (non-hydrogen) atoms. The molecule has 1 aromatic rings. The Morgan fingerprint density at radius 2 is 2.31 bits per heavy atom. The van der Waals surface area contributed by atoms with Crippen LogP contribution in [0.25, 0.3) is 0 Å². The molecule has 1 aromatic heterocycles. The number of aryl methyl sites for hydroxylation is 1. The molecule has 0 bridgehead atoms. The van der Waals surface area contributed by atoms with E-state index in [1.807, 2.05) is 18.5 Å². The summed E-state index contributed by atoms with van der Waals surface area (Å²) in [5.74, 6) is 0. The third kappa shape index (κ3) is 4.00. The van der Waals surface area contributed by atoms with Crippen molar-refractivity contribution in [1.29, 1.82) is 5.26 Å². The van der Waals surface area contributed by atoms with E-state index in [1.165, 1.54) is 11.1 Å². The smallest absolute Gasteiger partial charge is 0.0621 e. The molecule has 0 amide bonds. The van der Waals surface area contributed by atoms with E-state index in [4.69, 9.17) is 5.26 Å². The number of hydrogen-bond acceptors (Lipinski definition) is 3. The van der Waals surface area contributed by atoms with E-state index in [2.05, 4.69) is 30.2 Å². The SMILES string of the molecule is Cc1ccncc1C(C)NCCCCC#N. The van der Waals surface area contributed by atoms with Crippen LogP contribution in [0.15, 0.2) is 18.5 Å². The molecule has 1 atom stereocenters. The Bertz CT molecular complexity index is 354. The summed E-state index contributed by atoms with van der Waals surface area (Å²) in [6, 6.07) is 4.52. The molecule has 0 saturated carbocycles. The zero-order chi connectivity index (χ0) is 11.8. The quantitative estimate of drug-likeness (QED) is 0.745. The maximum Gasteiger partial charge on any atom is 0.0621 e. The van der Waals surface area contributed by atoms with Crippen LogP contribution in [0.5, 0.6) is 0 Å². The Kier molecular flexibility index (Phi) is 5.52. The number of nitriles is 1. The lowest BCUT2D eigenvalue weighted by Gasteiger charge is -2.15. The van der Waals surface area contributed by atoms with Crippen LogP contribution in [0.1, 0.15) is 43.4 Å². The Balaban J connectivity index is 2.33. The second kappa shape index (κ2) is 6.97. The second-order valence-electron chi connectivity index (χ2n) is 4.02. The lowest BCUT2D eigenvalue weighted by Crippen LogP contribution is -2.20. The van der Waals surface area contributed by atoms with Gasteiger partial charge in [-0.15, -0.1) is 0 Å². The molecule has 1 N–H and O–H groups in total. The van der Waals surface area contributed by atoms with Gasteiger partial charge in [-0.25, -0.2) is 0 Å². The molecule has 1 unspecified atom stereocenters. The first-order valence-corrected chi connectivity index (χ1v) is 5.76. The number of aromatic nitrogens is 1. The maximum absolute atomic E-state index is 8.41. The predicted octanol–water partition coefficient (Wildman–Crippen LogP) is 2.73. The number of nitrogens with zero attached hydrogens (tertiary/aromatic N) is 2. The van der Waals surface area contributed by atoms with Crippen molar-refractivity contribution < 1.29 is 0 Å². The first kappa shape index (κ1) is 12.7. The Morgan fingerprint density at radius 1 is 1.50 bits per heavy atom. The highest BCUT2D eigenvalue weighted by atomic mass is 14.9. The number of unbranched alkanes of at least 4 members (excludes halogenated alkanes) is 2. The molecule has 0 aliphatic carbocycles. The molecule has 1 heterocycles. The van der Waals surface area contributed by atoms with E-state index >= 15 is 0 Å². The summed E-state index contributed by atoms with van der Waals surface area (Å²) >= 11 is 0. The number of pyridine rings is 1. The fraction of sp³-hybridized carbons (Fsp3) is 0.538. The predicted molar refractivity (Wildman–Crippen MR) is 64.9 cm³/mol. The monoisotopic (exact) mass is 217 g/mol. The first-order valence-electron chi connectivity index (χ1n) is 5.76. The van der Waals surface area contributed by atoms with Crippen LogP contribution in [-0.2, 0) is 0 Å².